The Morgan fingerprint density at radius 1 is 1.17 bits per heavy atom. The highest BCUT2D eigenvalue weighted by Crippen LogP contribution is 2.37. The minimum Gasteiger partial charge on any atom is -0.295 e. The second-order valence-corrected chi connectivity index (χ2v) is 6.24. The van der Waals surface area contributed by atoms with E-state index in [2.05, 4.69) is 5.10 Å². The van der Waals surface area contributed by atoms with Crippen molar-refractivity contribution in [3.05, 3.63) is 52.4 Å². The molecule has 1 aliphatic heterocycles. The lowest BCUT2D eigenvalue weighted by molar-refractivity contribution is -0.137. The molecule has 0 aliphatic carbocycles. The number of rotatable bonds is 2. The predicted octanol–water partition coefficient (Wildman–Crippen LogP) is 4.77. The molecule has 1 unspecified atom stereocenters. The van der Waals surface area contributed by atoms with Crippen LogP contribution in [0.2, 0.25) is 10.0 Å². The Hall–Kier alpha value is -1.86. The summed E-state index contributed by atoms with van der Waals surface area (Å²) < 4.78 is 39.8. The molecule has 1 aromatic heterocycles. The average molecular weight is 377 g/mol. The van der Waals surface area contributed by atoms with Crippen molar-refractivity contribution in [2.75, 3.05) is 12.1 Å². The van der Waals surface area contributed by atoms with Crippen LogP contribution >= 0.6 is 23.2 Å². The van der Waals surface area contributed by atoms with Gasteiger partial charge in [0.1, 0.15) is 5.69 Å². The molecule has 9 heteroatoms. The SMILES string of the molecule is CC1C=CN(C)N1c1cnn(-c2c(Cl)cc(C(F)(F)F)cc2Cl)c1. The van der Waals surface area contributed by atoms with Crippen LogP contribution in [0.5, 0.6) is 0 Å². The maximum absolute atomic E-state index is 12.8. The third-order valence-electron chi connectivity index (χ3n) is 3.71. The number of hydrogen-bond acceptors (Lipinski definition) is 3. The second-order valence-electron chi connectivity index (χ2n) is 5.43. The third kappa shape index (κ3) is 2.93. The molecule has 4 nitrogen and oxygen atoms in total. The number of hydrogen-bond donors (Lipinski definition) is 0. The Labute approximate surface area is 146 Å². The standard InChI is InChI=1S/C15H13Cl2F3N4/c1-9-3-4-22(2)24(9)11-7-21-23(8-11)14-12(16)5-10(6-13(14)17)15(18,19)20/h3-9H,1-2H3. The number of hydrazine groups is 1. The van der Waals surface area contributed by atoms with E-state index in [0.29, 0.717) is 0 Å². The minimum atomic E-state index is -4.51. The second kappa shape index (κ2) is 5.89. The smallest absolute Gasteiger partial charge is 0.295 e. The van der Waals surface area contributed by atoms with Crippen molar-refractivity contribution in [2.24, 2.45) is 0 Å². The molecule has 1 aromatic carbocycles. The van der Waals surface area contributed by atoms with E-state index in [1.54, 1.807) is 12.4 Å². The number of nitrogens with zero attached hydrogens (tertiary/aromatic N) is 4. The molecule has 128 valence electrons. The van der Waals surface area contributed by atoms with Gasteiger partial charge in [0.15, 0.2) is 0 Å². The Morgan fingerprint density at radius 2 is 1.79 bits per heavy atom. The van der Waals surface area contributed by atoms with E-state index in [0.717, 1.165) is 17.8 Å². The van der Waals surface area contributed by atoms with Gasteiger partial charge < -0.3 is 0 Å². The third-order valence-corrected chi connectivity index (χ3v) is 4.29. The molecule has 0 saturated heterocycles. The van der Waals surface area contributed by atoms with E-state index in [9.17, 15) is 13.2 Å². The zero-order chi connectivity index (χ0) is 17.6. The van der Waals surface area contributed by atoms with Crippen molar-refractivity contribution in [1.29, 1.82) is 0 Å². The lowest BCUT2D eigenvalue weighted by Crippen LogP contribution is -2.37. The van der Waals surface area contributed by atoms with E-state index < -0.39 is 11.7 Å². The van der Waals surface area contributed by atoms with E-state index in [-0.39, 0.29) is 21.8 Å². The van der Waals surface area contributed by atoms with Crippen LogP contribution in [0, 0.1) is 0 Å². The van der Waals surface area contributed by atoms with E-state index >= 15 is 0 Å². The first kappa shape index (κ1) is 17.0. The van der Waals surface area contributed by atoms with Crippen LogP contribution in [0.4, 0.5) is 18.9 Å². The molecule has 24 heavy (non-hydrogen) atoms. The molecule has 2 heterocycles. The van der Waals surface area contributed by atoms with Crippen LogP contribution in [0.3, 0.4) is 0 Å². The summed E-state index contributed by atoms with van der Waals surface area (Å²) in [6.45, 7) is 2.01. The fourth-order valence-electron chi connectivity index (χ4n) is 2.61. The Morgan fingerprint density at radius 3 is 2.29 bits per heavy atom. The molecule has 1 aliphatic rings. The first-order valence-electron chi connectivity index (χ1n) is 7.00. The van der Waals surface area contributed by atoms with Crippen LogP contribution in [-0.4, -0.2) is 27.9 Å². The van der Waals surface area contributed by atoms with Crippen molar-refractivity contribution in [3.63, 3.8) is 0 Å². The first-order valence-corrected chi connectivity index (χ1v) is 7.75. The fourth-order valence-corrected chi connectivity index (χ4v) is 3.27. The molecule has 0 amide bonds. The fraction of sp³-hybridized carbons (Fsp3) is 0.267. The van der Waals surface area contributed by atoms with Gasteiger partial charge in [-0.2, -0.15) is 18.3 Å². The molecule has 0 bridgehead atoms. The predicted molar refractivity (Wildman–Crippen MR) is 87.4 cm³/mol. The van der Waals surface area contributed by atoms with Crippen LogP contribution < -0.4 is 5.01 Å². The highest BCUT2D eigenvalue weighted by molar-refractivity contribution is 6.37. The number of alkyl halides is 3. The van der Waals surface area contributed by atoms with Crippen LogP contribution in [0.1, 0.15) is 12.5 Å². The van der Waals surface area contributed by atoms with Crippen molar-refractivity contribution in [3.8, 4) is 5.69 Å². The van der Waals surface area contributed by atoms with Gasteiger partial charge in [0.25, 0.3) is 0 Å². The summed E-state index contributed by atoms with van der Waals surface area (Å²) in [6, 6.07) is 1.82. The summed E-state index contributed by atoms with van der Waals surface area (Å²) in [5, 5.41) is 7.80. The monoisotopic (exact) mass is 376 g/mol. The number of benzene rings is 1. The largest absolute Gasteiger partial charge is 0.416 e. The van der Waals surface area contributed by atoms with Gasteiger partial charge in [-0.1, -0.05) is 23.2 Å². The number of anilines is 1. The van der Waals surface area contributed by atoms with E-state index in [1.165, 1.54) is 4.68 Å². The van der Waals surface area contributed by atoms with Crippen LogP contribution in [-0.2, 0) is 6.18 Å². The van der Waals surface area contributed by atoms with Gasteiger partial charge in [-0.05, 0) is 25.1 Å². The quantitative estimate of drug-likeness (QED) is 0.754. The van der Waals surface area contributed by atoms with Gasteiger partial charge in [0, 0.05) is 13.2 Å². The molecular formula is C15H13Cl2F3N4. The van der Waals surface area contributed by atoms with E-state index in [4.69, 9.17) is 23.2 Å². The summed E-state index contributed by atoms with van der Waals surface area (Å²) in [4.78, 5) is 0. The normalized spacial score (nSPS) is 17.9. The molecule has 0 radical (unpaired) electrons. The summed E-state index contributed by atoms with van der Waals surface area (Å²) in [7, 11) is 1.88. The Kier molecular flexibility index (Phi) is 4.17. The lowest BCUT2D eigenvalue weighted by Gasteiger charge is -2.29. The van der Waals surface area contributed by atoms with Crippen molar-refractivity contribution >= 4 is 28.9 Å². The lowest BCUT2D eigenvalue weighted by atomic mass is 10.2. The highest BCUT2D eigenvalue weighted by Gasteiger charge is 2.32. The zero-order valence-corrected chi connectivity index (χ0v) is 14.2. The summed E-state index contributed by atoms with van der Waals surface area (Å²) in [5.41, 5.74) is 0.0767. The van der Waals surface area contributed by atoms with Gasteiger partial charge in [-0.25, -0.2) is 4.68 Å². The highest BCUT2D eigenvalue weighted by atomic mass is 35.5. The van der Waals surface area contributed by atoms with E-state index in [1.807, 2.05) is 36.3 Å². The summed E-state index contributed by atoms with van der Waals surface area (Å²) in [6.07, 6.45) is 2.68. The zero-order valence-electron chi connectivity index (χ0n) is 12.7. The van der Waals surface area contributed by atoms with Gasteiger partial charge in [-0.3, -0.25) is 10.0 Å². The molecule has 0 saturated carbocycles. The molecule has 2 aromatic rings. The maximum Gasteiger partial charge on any atom is 0.416 e. The number of aromatic nitrogens is 2. The van der Waals surface area contributed by atoms with Gasteiger partial charge in [0.05, 0.1) is 39.7 Å². The van der Waals surface area contributed by atoms with Gasteiger partial charge in [-0.15, -0.1) is 0 Å². The average Bonchev–Trinajstić information content (AvgIpc) is 3.04. The molecular weight excluding hydrogens is 364 g/mol. The van der Waals surface area contributed by atoms with Crippen LogP contribution in [0.25, 0.3) is 5.69 Å². The molecule has 0 spiro atoms. The summed E-state index contributed by atoms with van der Waals surface area (Å²) in [5.74, 6) is 0. The number of halogens is 5. The molecule has 3 rings (SSSR count). The van der Waals surface area contributed by atoms with Gasteiger partial charge in [0.2, 0.25) is 0 Å². The molecule has 0 fully saturated rings. The molecule has 0 N–H and O–H groups in total. The summed E-state index contributed by atoms with van der Waals surface area (Å²) >= 11 is 12.0. The maximum atomic E-state index is 12.8. The Bertz CT molecular complexity index is 765. The van der Waals surface area contributed by atoms with Crippen molar-refractivity contribution in [1.82, 2.24) is 14.8 Å². The van der Waals surface area contributed by atoms with Gasteiger partial charge >= 0.3 is 6.18 Å². The van der Waals surface area contributed by atoms with Crippen LogP contribution in [0.15, 0.2) is 36.8 Å². The first-order chi connectivity index (χ1) is 11.2. The Balaban J connectivity index is 1.99. The topological polar surface area (TPSA) is 24.3 Å². The molecule has 1 atom stereocenters. The minimum absolute atomic E-state index is 0.120. The van der Waals surface area contributed by atoms with Crippen molar-refractivity contribution < 1.29 is 13.2 Å². The van der Waals surface area contributed by atoms with Crippen molar-refractivity contribution in [2.45, 2.75) is 19.1 Å².